The highest BCUT2D eigenvalue weighted by molar-refractivity contribution is 6.33. The van der Waals surface area contributed by atoms with Crippen LogP contribution in [-0.4, -0.2) is 26.8 Å². The standard InChI is InChI=1S/C20H22ClN3O3/c1-12-8-15(16(20(26)27)9-13(12)2)19(25)22-18-17(21)11-24(23-18)10-14-6-4-3-5-7-14/h3-7,11,15-16H,8-10H2,1-2H3,(H,26,27)(H,22,23,25). The number of benzene rings is 1. The lowest BCUT2D eigenvalue weighted by Gasteiger charge is -2.29. The molecule has 27 heavy (non-hydrogen) atoms. The Hall–Kier alpha value is -2.60. The van der Waals surface area contributed by atoms with Gasteiger partial charge in [0.05, 0.1) is 18.4 Å². The quantitative estimate of drug-likeness (QED) is 0.760. The molecule has 2 atom stereocenters. The van der Waals surface area contributed by atoms with E-state index in [-0.39, 0.29) is 11.7 Å². The first kappa shape index (κ1) is 19.2. The molecule has 1 heterocycles. The lowest BCUT2D eigenvalue weighted by molar-refractivity contribution is -0.146. The summed E-state index contributed by atoms with van der Waals surface area (Å²) in [4.78, 5) is 24.3. The molecule has 0 radical (unpaired) electrons. The van der Waals surface area contributed by atoms with Crippen LogP contribution >= 0.6 is 11.6 Å². The molecule has 0 fully saturated rings. The van der Waals surface area contributed by atoms with E-state index in [2.05, 4.69) is 10.4 Å². The highest BCUT2D eigenvalue weighted by Crippen LogP contribution is 2.35. The lowest BCUT2D eigenvalue weighted by Crippen LogP contribution is -2.36. The average Bonchev–Trinajstić information content (AvgIpc) is 2.96. The van der Waals surface area contributed by atoms with Gasteiger partial charge in [-0.1, -0.05) is 53.1 Å². The van der Waals surface area contributed by atoms with Crippen LogP contribution in [0.4, 0.5) is 5.82 Å². The van der Waals surface area contributed by atoms with E-state index in [0.29, 0.717) is 24.4 Å². The number of hydrogen-bond acceptors (Lipinski definition) is 3. The summed E-state index contributed by atoms with van der Waals surface area (Å²) in [7, 11) is 0. The Kier molecular flexibility index (Phi) is 5.65. The molecule has 0 saturated heterocycles. The van der Waals surface area contributed by atoms with Crippen molar-refractivity contribution in [1.29, 1.82) is 0 Å². The van der Waals surface area contributed by atoms with Crippen molar-refractivity contribution >= 4 is 29.3 Å². The molecular weight excluding hydrogens is 366 g/mol. The van der Waals surface area contributed by atoms with Gasteiger partial charge in [0.1, 0.15) is 5.02 Å². The molecule has 2 unspecified atom stereocenters. The molecule has 0 spiro atoms. The van der Waals surface area contributed by atoms with E-state index in [1.165, 1.54) is 0 Å². The molecular formula is C20H22ClN3O3. The number of nitrogens with zero attached hydrogens (tertiary/aromatic N) is 2. The van der Waals surface area contributed by atoms with Crippen molar-refractivity contribution in [3.8, 4) is 0 Å². The number of carboxylic acids is 1. The van der Waals surface area contributed by atoms with Crippen LogP contribution in [0.5, 0.6) is 0 Å². The molecule has 6 nitrogen and oxygen atoms in total. The minimum atomic E-state index is -0.956. The van der Waals surface area contributed by atoms with Gasteiger partial charge >= 0.3 is 5.97 Å². The number of hydrogen-bond donors (Lipinski definition) is 2. The molecule has 0 aliphatic heterocycles. The Labute approximate surface area is 162 Å². The van der Waals surface area contributed by atoms with Crippen molar-refractivity contribution in [2.24, 2.45) is 11.8 Å². The summed E-state index contributed by atoms with van der Waals surface area (Å²) in [5, 5.41) is 16.9. The number of rotatable bonds is 5. The van der Waals surface area contributed by atoms with Crippen LogP contribution in [0.1, 0.15) is 32.3 Å². The van der Waals surface area contributed by atoms with E-state index in [9.17, 15) is 14.7 Å². The van der Waals surface area contributed by atoms with Gasteiger partial charge in [-0.15, -0.1) is 0 Å². The maximum absolute atomic E-state index is 12.7. The van der Waals surface area contributed by atoms with E-state index >= 15 is 0 Å². The van der Waals surface area contributed by atoms with Crippen LogP contribution in [0, 0.1) is 11.8 Å². The topological polar surface area (TPSA) is 84.2 Å². The zero-order valence-electron chi connectivity index (χ0n) is 15.3. The monoisotopic (exact) mass is 387 g/mol. The van der Waals surface area contributed by atoms with Crippen LogP contribution in [0.2, 0.25) is 5.02 Å². The predicted molar refractivity (Wildman–Crippen MR) is 104 cm³/mol. The van der Waals surface area contributed by atoms with E-state index in [1.807, 2.05) is 44.2 Å². The van der Waals surface area contributed by atoms with Gasteiger partial charge in [-0.05, 0) is 32.3 Å². The maximum atomic E-state index is 12.7. The fraction of sp³-hybridized carbons (Fsp3) is 0.350. The summed E-state index contributed by atoms with van der Waals surface area (Å²) in [6.45, 7) is 4.38. The van der Waals surface area contributed by atoms with Crippen LogP contribution in [0.25, 0.3) is 0 Å². The molecule has 0 saturated carbocycles. The van der Waals surface area contributed by atoms with Crippen molar-refractivity contribution < 1.29 is 14.7 Å². The zero-order valence-corrected chi connectivity index (χ0v) is 16.0. The number of aliphatic carboxylic acids is 1. The summed E-state index contributed by atoms with van der Waals surface area (Å²) < 4.78 is 1.65. The highest BCUT2D eigenvalue weighted by atomic mass is 35.5. The predicted octanol–water partition coefficient (Wildman–Crippen LogP) is 3.97. The van der Waals surface area contributed by atoms with Gasteiger partial charge in [0.25, 0.3) is 0 Å². The number of amides is 1. The molecule has 142 valence electrons. The Morgan fingerprint density at radius 1 is 1.19 bits per heavy atom. The minimum absolute atomic E-state index is 0.255. The smallest absolute Gasteiger partial charge is 0.307 e. The van der Waals surface area contributed by atoms with Gasteiger partial charge in [-0.25, -0.2) is 0 Å². The summed E-state index contributed by atoms with van der Waals surface area (Å²) in [6, 6.07) is 9.77. The second kappa shape index (κ2) is 7.96. The Balaban J connectivity index is 1.74. The fourth-order valence-electron chi connectivity index (χ4n) is 3.37. The van der Waals surface area contributed by atoms with Gasteiger partial charge in [-0.3, -0.25) is 14.3 Å². The number of carbonyl (C=O) groups is 2. The number of aromatic nitrogens is 2. The molecule has 1 aromatic carbocycles. The third-order valence-corrected chi connectivity index (χ3v) is 5.34. The first-order valence-electron chi connectivity index (χ1n) is 8.81. The average molecular weight is 388 g/mol. The number of nitrogens with one attached hydrogen (secondary N) is 1. The number of anilines is 1. The van der Waals surface area contributed by atoms with Crippen LogP contribution in [0.15, 0.2) is 47.7 Å². The molecule has 1 aliphatic rings. The van der Waals surface area contributed by atoms with Gasteiger partial charge < -0.3 is 10.4 Å². The van der Waals surface area contributed by atoms with Gasteiger partial charge in [0.15, 0.2) is 5.82 Å². The van der Waals surface area contributed by atoms with E-state index in [1.54, 1.807) is 10.9 Å². The van der Waals surface area contributed by atoms with Crippen molar-refractivity contribution in [2.75, 3.05) is 5.32 Å². The van der Waals surface area contributed by atoms with Gasteiger partial charge in [0.2, 0.25) is 5.91 Å². The highest BCUT2D eigenvalue weighted by Gasteiger charge is 2.37. The SMILES string of the molecule is CC1=C(C)CC(C(=O)Nc2nn(Cc3ccccc3)cc2Cl)C(C(=O)O)C1. The zero-order chi connectivity index (χ0) is 19.6. The summed E-state index contributed by atoms with van der Waals surface area (Å²) in [6.07, 6.45) is 2.46. The third kappa shape index (κ3) is 4.39. The summed E-state index contributed by atoms with van der Waals surface area (Å²) in [5.41, 5.74) is 3.16. The molecule has 7 heteroatoms. The van der Waals surface area contributed by atoms with Crippen LogP contribution in [-0.2, 0) is 16.1 Å². The first-order chi connectivity index (χ1) is 12.8. The van der Waals surface area contributed by atoms with Gasteiger partial charge in [-0.2, -0.15) is 5.10 Å². The molecule has 1 amide bonds. The molecule has 2 N–H and O–H groups in total. The molecule has 1 aromatic heterocycles. The van der Waals surface area contributed by atoms with Crippen molar-refractivity contribution in [3.05, 3.63) is 58.3 Å². The largest absolute Gasteiger partial charge is 0.481 e. The Morgan fingerprint density at radius 3 is 2.44 bits per heavy atom. The van der Waals surface area contributed by atoms with Crippen molar-refractivity contribution in [2.45, 2.75) is 33.2 Å². The van der Waals surface area contributed by atoms with Crippen molar-refractivity contribution in [1.82, 2.24) is 9.78 Å². The molecule has 3 rings (SSSR count). The Bertz CT molecular complexity index is 889. The number of carboxylic acid groups (broad SMARTS) is 1. The summed E-state index contributed by atoms with van der Waals surface area (Å²) in [5.74, 6) is -2.44. The second-order valence-electron chi connectivity index (χ2n) is 7.02. The molecule has 0 bridgehead atoms. The molecule has 2 aromatic rings. The van der Waals surface area contributed by atoms with Crippen molar-refractivity contribution in [3.63, 3.8) is 0 Å². The van der Waals surface area contributed by atoms with E-state index in [0.717, 1.165) is 16.7 Å². The fourth-order valence-corrected chi connectivity index (χ4v) is 3.57. The maximum Gasteiger partial charge on any atom is 0.307 e. The number of carbonyl (C=O) groups excluding carboxylic acids is 1. The second-order valence-corrected chi connectivity index (χ2v) is 7.43. The van der Waals surface area contributed by atoms with E-state index < -0.39 is 17.8 Å². The van der Waals surface area contributed by atoms with Crippen LogP contribution in [0.3, 0.4) is 0 Å². The Morgan fingerprint density at radius 2 is 1.81 bits per heavy atom. The lowest BCUT2D eigenvalue weighted by atomic mass is 9.76. The normalized spacial score (nSPS) is 19.8. The summed E-state index contributed by atoms with van der Waals surface area (Å²) >= 11 is 6.22. The molecule has 1 aliphatic carbocycles. The number of halogens is 1. The van der Waals surface area contributed by atoms with Gasteiger partial charge in [0, 0.05) is 6.20 Å². The van der Waals surface area contributed by atoms with Crippen LogP contribution < -0.4 is 5.32 Å². The minimum Gasteiger partial charge on any atom is -0.481 e. The van der Waals surface area contributed by atoms with E-state index in [4.69, 9.17) is 11.6 Å². The number of allylic oxidation sites excluding steroid dienone is 2. The third-order valence-electron chi connectivity index (χ3n) is 5.07. The first-order valence-corrected chi connectivity index (χ1v) is 9.18.